The molecule has 1 unspecified atom stereocenters. The minimum absolute atomic E-state index is 0.114. The zero-order valence-electron chi connectivity index (χ0n) is 11.6. The lowest BCUT2D eigenvalue weighted by Gasteiger charge is -2.13. The van der Waals surface area contributed by atoms with E-state index >= 15 is 0 Å². The van der Waals surface area contributed by atoms with Gasteiger partial charge in [-0.2, -0.15) is 0 Å². The van der Waals surface area contributed by atoms with Gasteiger partial charge in [-0.15, -0.1) is 0 Å². The Balaban J connectivity index is 1.93. The molecule has 2 aromatic carbocycles. The second-order valence-electron chi connectivity index (χ2n) is 4.98. The van der Waals surface area contributed by atoms with Crippen LogP contribution < -0.4 is 5.32 Å². The maximum Gasteiger partial charge on any atom is 0.148 e. The summed E-state index contributed by atoms with van der Waals surface area (Å²) in [5.74, 6) is 0.930. The third-order valence-electron chi connectivity index (χ3n) is 3.54. The second kappa shape index (κ2) is 6.22. The molecule has 1 atom stereocenters. The van der Waals surface area contributed by atoms with Crippen LogP contribution in [-0.2, 0) is 6.42 Å². The first kappa shape index (κ1) is 14.6. The van der Waals surface area contributed by atoms with E-state index in [1.54, 1.807) is 0 Å². The van der Waals surface area contributed by atoms with Gasteiger partial charge in [-0.3, -0.25) is 0 Å². The summed E-state index contributed by atoms with van der Waals surface area (Å²) >= 11 is 9.58. The molecule has 2 nitrogen and oxygen atoms in total. The van der Waals surface area contributed by atoms with E-state index in [2.05, 4.69) is 39.4 Å². The van der Waals surface area contributed by atoms with Crippen LogP contribution in [0.3, 0.4) is 0 Å². The zero-order chi connectivity index (χ0) is 14.8. The molecule has 0 saturated heterocycles. The zero-order valence-corrected chi connectivity index (χ0v) is 13.9. The van der Waals surface area contributed by atoms with E-state index < -0.39 is 0 Å². The van der Waals surface area contributed by atoms with E-state index in [9.17, 15) is 0 Å². The van der Waals surface area contributed by atoms with E-state index in [1.165, 1.54) is 5.56 Å². The highest BCUT2D eigenvalue weighted by Gasteiger charge is 2.16. The lowest BCUT2D eigenvalue weighted by atomic mass is 10.0. The highest BCUT2D eigenvalue weighted by atomic mass is 79.9. The molecule has 0 aliphatic carbocycles. The number of halogens is 2. The number of hydrogen-bond acceptors (Lipinski definition) is 2. The first-order valence-corrected chi connectivity index (χ1v) is 7.94. The molecular weight excluding hydrogens is 350 g/mol. The number of rotatable bonds is 4. The van der Waals surface area contributed by atoms with Gasteiger partial charge in [0, 0.05) is 10.4 Å². The van der Waals surface area contributed by atoms with Crippen molar-refractivity contribution in [3.8, 4) is 0 Å². The number of para-hydroxylation sites is 1. The molecule has 0 aliphatic heterocycles. The molecule has 21 heavy (non-hydrogen) atoms. The Bertz CT molecular complexity index is 768. The molecule has 0 bridgehead atoms. The smallest absolute Gasteiger partial charge is 0.148 e. The molecule has 0 saturated carbocycles. The fraction of sp³-hybridized carbons (Fsp3) is 0.176. The largest absolute Gasteiger partial charge is 0.458 e. The van der Waals surface area contributed by atoms with Crippen molar-refractivity contribution in [2.45, 2.75) is 12.5 Å². The molecule has 0 amide bonds. The number of benzene rings is 2. The van der Waals surface area contributed by atoms with Crippen LogP contribution in [0, 0.1) is 0 Å². The van der Waals surface area contributed by atoms with E-state index in [4.69, 9.17) is 16.0 Å². The van der Waals surface area contributed by atoms with Gasteiger partial charge in [0.05, 0.1) is 10.5 Å². The summed E-state index contributed by atoms with van der Waals surface area (Å²) in [6.45, 7) is 0. The van der Waals surface area contributed by atoms with Crippen LogP contribution in [0.2, 0.25) is 5.02 Å². The minimum atomic E-state index is 0.114. The predicted octanol–water partition coefficient (Wildman–Crippen LogP) is 5.35. The Kier molecular flexibility index (Phi) is 4.34. The van der Waals surface area contributed by atoms with Crippen LogP contribution in [0.15, 0.2) is 57.4 Å². The maximum absolute atomic E-state index is 6.05. The maximum atomic E-state index is 6.05. The molecule has 4 heteroatoms. The topological polar surface area (TPSA) is 25.2 Å². The second-order valence-corrected chi connectivity index (χ2v) is 6.27. The van der Waals surface area contributed by atoms with Gasteiger partial charge < -0.3 is 9.73 Å². The van der Waals surface area contributed by atoms with Crippen molar-refractivity contribution in [2.75, 3.05) is 7.05 Å². The highest BCUT2D eigenvalue weighted by Crippen LogP contribution is 2.31. The summed E-state index contributed by atoms with van der Waals surface area (Å²) < 4.78 is 6.99. The Morgan fingerprint density at radius 3 is 2.71 bits per heavy atom. The molecule has 0 fully saturated rings. The Labute approximate surface area is 137 Å². The molecule has 1 aromatic heterocycles. The van der Waals surface area contributed by atoms with Crippen molar-refractivity contribution < 1.29 is 4.42 Å². The molecule has 0 radical (unpaired) electrons. The number of furan rings is 1. The SMILES string of the molecule is CNC(Cc1cccc(Cl)c1)c1cc2cccc(Br)c2o1. The lowest BCUT2D eigenvalue weighted by molar-refractivity contribution is 0.450. The Hall–Kier alpha value is -1.29. The number of nitrogens with one attached hydrogen (secondary N) is 1. The average molecular weight is 365 g/mol. The van der Waals surface area contributed by atoms with Gasteiger partial charge in [0.25, 0.3) is 0 Å². The standard InChI is InChI=1S/C17H15BrClNO/c1-20-15(9-11-4-2-6-13(19)8-11)16-10-12-5-3-7-14(18)17(12)21-16/h2-8,10,15,20H,9H2,1H3. The van der Waals surface area contributed by atoms with E-state index in [1.807, 2.05) is 37.4 Å². The molecule has 0 spiro atoms. The van der Waals surface area contributed by atoms with E-state index in [0.717, 1.165) is 32.6 Å². The van der Waals surface area contributed by atoms with Crippen LogP contribution in [0.1, 0.15) is 17.4 Å². The Morgan fingerprint density at radius 1 is 1.19 bits per heavy atom. The normalized spacial score (nSPS) is 12.7. The van der Waals surface area contributed by atoms with Gasteiger partial charge in [0.2, 0.25) is 0 Å². The summed E-state index contributed by atoms with van der Waals surface area (Å²) in [6.07, 6.45) is 0.828. The van der Waals surface area contributed by atoms with Crippen LogP contribution in [0.25, 0.3) is 11.0 Å². The summed E-state index contributed by atoms with van der Waals surface area (Å²) in [5.41, 5.74) is 2.07. The number of hydrogen-bond donors (Lipinski definition) is 1. The van der Waals surface area contributed by atoms with Gasteiger partial charge in [-0.1, -0.05) is 35.9 Å². The summed E-state index contributed by atoms with van der Waals surface area (Å²) in [7, 11) is 1.94. The van der Waals surface area contributed by atoms with Crippen molar-refractivity contribution >= 4 is 38.5 Å². The fourth-order valence-corrected chi connectivity index (χ4v) is 3.14. The fourth-order valence-electron chi connectivity index (χ4n) is 2.46. The first-order valence-electron chi connectivity index (χ1n) is 6.77. The highest BCUT2D eigenvalue weighted by molar-refractivity contribution is 9.10. The van der Waals surface area contributed by atoms with E-state index in [0.29, 0.717) is 0 Å². The van der Waals surface area contributed by atoms with Crippen LogP contribution in [0.4, 0.5) is 0 Å². The van der Waals surface area contributed by atoms with Gasteiger partial charge in [0.1, 0.15) is 11.3 Å². The summed E-state index contributed by atoms with van der Waals surface area (Å²) in [4.78, 5) is 0. The van der Waals surface area contributed by atoms with Crippen molar-refractivity contribution in [1.82, 2.24) is 5.32 Å². The lowest BCUT2D eigenvalue weighted by Crippen LogP contribution is -2.18. The van der Waals surface area contributed by atoms with Gasteiger partial charge in [-0.05, 0) is 59.2 Å². The molecule has 3 rings (SSSR count). The first-order chi connectivity index (χ1) is 10.2. The summed E-state index contributed by atoms with van der Waals surface area (Å²) in [5, 5.41) is 5.18. The van der Waals surface area contributed by atoms with Crippen molar-refractivity contribution in [1.29, 1.82) is 0 Å². The van der Waals surface area contributed by atoms with Crippen LogP contribution in [0.5, 0.6) is 0 Å². The van der Waals surface area contributed by atoms with Crippen LogP contribution in [-0.4, -0.2) is 7.05 Å². The molecule has 1 N–H and O–H groups in total. The van der Waals surface area contributed by atoms with Crippen LogP contribution >= 0.6 is 27.5 Å². The van der Waals surface area contributed by atoms with Crippen molar-refractivity contribution in [2.24, 2.45) is 0 Å². The number of fused-ring (bicyclic) bond motifs is 1. The third kappa shape index (κ3) is 3.15. The molecule has 3 aromatic rings. The molecule has 1 heterocycles. The van der Waals surface area contributed by atoms with Gasteiger partial charge in [0.15, 0.2) is 0 Å². The van der Waals surface area contributed by atoms with Crippen molar-refractivity contribution in [3.05, 3.63) is 69.3 Å². The third-order valence-corrected chi connectivity index (χ3v) is 4.40. The minimum Gasteiger partial charge on any atom is -0.458 e. The number of likely N-dealkylation sites (N-methyl/N-ethyl adjacent to an activating group) is 1. The van der Waals surface area contributed by atoms with Crippen molar-refractivity contribution in [3.63, 3.8) is 0 Å². The quantitative estimate of drug-likeness (QED) is 0.675. The van der Waals surface area contributed by atoms with Gasteiger partial charge >= 0.3 is 0 Å². The summed E-state index contributed by atoms with van der Waals surface area (Å²) in [6, 6.07) is 16.2. The molecular formula is C17H15BrClNO. The van der Waals surface area contributed by atoms with E-state index in [-0.39, 0.29) is 6.04 Å². The predicted molar refractivity (Wildman–Crippen MR) is 90.9 cm³/mol. The Morgan fingerprint density at radius 2 is 2.00 bits per heavy atom. The molecule has 0 aliphatic rings. The molecule has 108 valence electrons. The monoisotopic (exact) mass is 363 g/mol. The average Bonchev–Trinajstić information content (AvgIpc) is 2.90. The van der Waals surface area contributed by atoms with Gasteiger partial charge in [-0.25, -0.2) is 0 Å².